The average molecular weight is 610 g/mol. The van der Waals surface area contributed by atoms with Crippen LogP contribution in [0.5, 0.6) is 0 Å². The van der Waals surface area contributed by atoms with Crippen LogP contribution in [-0.4, -0.2) is 50.1 Å². The molecule has 0 spiro atoms. The van der Waals surface area contributed by atoms with Gasteiger partial charge in [0.15, 0.2) is 23.3 Å². The molecule has 8 nitrogen and oxygen atoms in total. The number of benzene rings is 3. The molecule has 1 N–H and O–H groups in total. The van der Waals surface area contributed by atoms with Crippen molar-refractivity contribution in [2.75, 3.05) is 59.3 Å². The maximum absolute atomic E-state index is 14.2. The fraction of sp³-hybridized carbons (Fsp3) is 0.321. The summed E-state index contributed by atoms with van der Waals surface area (Å²) in [6.07, 6.45) is 2.95. The Balaban J connectivity index is 1.26. The summed E-state index contributed by atoms with van der Waals surface area (Å²) in [6, 6.07) is 9.05. The van der Waals surface area contributed by atoms with Crippen molar-refractivity contribution in [1.82, 2.24) is 0 Å². The minimum atomic E-state index is -2.21. The molecule has 0 radical (unpaired) electrons. The first kappa shape index (κ1) is 29.4. The standard InChI is InChI=1S/C28H25ClF5N5O3/c29-18-15-17(35-28(40)16-4-6-20(21(14-16)39(41)42)36-8-2-1-3-9-36)5-7-19(18)37-10-12-38(13-11-37)27-25(33)23(31)22(30)24(32)26(27)34/h4-7,14-15H,1-3,8-13H2,(H,35,40). The van der Waals surface area contributed by atoms with E-state index in [1.54, 1.807) is 23.1 Å². The fourth-order valence-electron chi connectivity index (χ4n) is 5.30. The number of nitro groups is 1. The van der Waals surface area contributed by atoms with E-state index < -0.39 is 45.6 Å². The van der Waals surface area contributed by atoms with Crippen molar-refractivity contribution >= 4 is 45.9 Å². The molecule has 14 heteroatoms. The number of carbonyl (C=O) groups excluding carboxylic acids is 1. The molecule has 2 heterocycles. The molecule has 0 unspecified atom stereocenters. The summed E-state index contributed by atoms with van der Waals surface area (Å²) in [4.78, 5) is 29.0. The van der Waals surface area contributed by atoms with Gasteiger partial charge >= 0.3 is 0 Å². The van der Waals surface area contributed by atoms with Crippen LogP contribution in [-0.2, 0) is 0 Å². The van der Waals surface area contributed by atoms with E-state index in [-0.39, 0.29) is 42.5 Å². The summed E-state index contributed by atoms with van der Waals surface area (Å²) in [7, 11) is 0. The first-order chi connectivity index (χ1) is 20.1. The maximum Gasteiger partial charge on any atom is 0.293 e. The first-order valence-electron chi connectivity index (χ1n) is 13.2. The van der Waals surface area contributed by atoms with Gasteiger partial charge in [-0.2, -0.15) is 0 Å². The second kappa shape index (κ2) is 12.0. The van der Waals surface area contributed by atoms with E-state index >= 15 is 0 Å². The van der Waals surface area contributed by atoms with E-state index in [1.807, 2.05) is 4.90 Å². The minimum absolute atomic E-state index is 0.0423. The van der Waals surface area contributed by atoms with Gasteiger partial charge < -0.3 is 20.0 Å². The van der Waals surface area contributed by atoms with E-state index in [0.29, 0.717) is 30.2 Å². The van der Waals surface area contributed by atoms with Crippen LogP contribution in [0.4, 0.5) is 50.4 Å². The van der Waals surface area contributed by atoms with Gasteiger partial charge in [-0.05, 0) is 49.6 Å². The Labute approximate surface area is 242 Å². The molecule has 1 amide bonds. The van der Waals surface area contributed by atoms with Gasteiger partial charge in [0, 0.05) is 56.6 Å². The molecule has 42 heavy (non-hydrogen) atoms. The van der Waals surface area contributed by atoms with Crippen molar-refractivity contribution in [2.45, 2.75) is 19.3 Å². The topological polar surface area (TPSA) is 82.0 Å². The highest BCUT2D eigenvalue weighted by atomic mass is 35.5. The number of nitrogens with one attached hydrogen (secondary N) is 1. The Hall–Kier alpha value is -4.13. The van der Waals surface area contributed by atoms with Crippen molar-refractivity contribution in [2.24, 2.45) is 0 Å². The molecular weight excluding hydrogens is 585 g/mol. The third-order valence-electron chi connectivity index (χ3n) is 7.46. The third kappa shape index (κ3) is 5.65. The predicted octanol–water partition coefficient (Wildman–Crippen LogP) is 6.51. The highest BCUT2D eigenvalue weighted by Gasteiger charge is 2.31. The quantitative estimate of drug-likeness (QED) is 0.113. The molecule has 2 aliphatic rings. The number of hydrogen-bond donors (Lipinski definition) is 1. The van der Waals surface area contributed by atoms with Gasteiger partial charge in [0.05, 0.1) is 15.6 Å². The van der Waals surface area contributed by atoms with E-state index in [4.69, 9.17) is 11.6 Å². The van der Waals surface area contributed by atoms with Crippen LogP contribution in [0.2, 0.25) is 5.02 Å². The average Bonchev–Trinajstić information content (AvgIpc) is 3.00. The van der Waals surface area contributed by atoms with Crippen molar-refractivity contribution in [1.29, 1.82) is 0 Å². The van der Waals surface area contributed by atoms with Crippen molar-refractivity contribution < 1.29 is 31.7 Å². The molecule has 3 aromatic carbocycles. The number of piperidine rings is 1. The van der Waals surface area contributed by atoms with E-state index in [9.17, 15) is 36.9 Å². The molecule has 2 fully saturated rings. The third-order valence-corrected chi connectivity index (χ3v) is 7.76. The molecule has 5 rings (SSSR count). The van der Waals surface area contributed by atoms with Crippen LogP contribution in [0.3, 0.4) is 0 Å². The van der Waals surface area contributed by atoms with Crippen molar-refractivity contribution in [3.8, 4) is 0 Å². The molecule has 0 bridgehead atoms. The second-order valence-electron chi connectivity index (χ2n) is 10.0. The van der Waals surface area contributed by atoms with E-state index in [0.717, 1.165) is 24.2 Å². The van der Waals surface area contributed by atoms with Gasteiger partial charge in [-0.3, -0.25) is 14.9 Å². The zero-order valence-corrected chi connectivity index (χ0v) is 22.9. The Morgan fingerprint density at radius 2 is 1.29 bits per heavy atom. The zero-order valence-electron chi connectivity index (χ0n) is 22.1. The lowest BCUT2D eigenvalue weighted by molar-refractivity contribution is -0.384. The van der Waals surface area contributed by atoms with Gasteiger partial charge in [0.2, 0.25) is 5.82 Å². The summed E-state index contributed by atoms with van der Waals surface area (Å²) in [5, 5.41) is 14.7. The number of carbonyl (C=O) groups is 1. The summed E-state index contributed by atoms with van der Waals surface area (Å²) in [6.45, 7) is 1.67. The van der Waals surface area contributed by atoms with Gasteiger partial charge in [-0.1, -0.05) is 11.6 Å². The largest absolute Gasteiger partial charge is 0.367 e. The normalized spacial score (nSPS) is 15.6. The monoisotopic (exact) mass is 609 g/mol. The number of piperazine rings is 1. The second-order valence-corrected chi connectivity index (χ2v) is 10.4. The minimum Gasteiger partial charge on any atom is -0.367 e. The Morgan fingerprint density at radius 1 is 0.738 bits per heavy atom. The first-order valence-corrected chi connectivity index (χ1v) is 13.6. The maximum atomic E-state index is 14.2. The number of nitro benzene ring substituents is 1. The molecule has 0 saturated carbocycles. The van der Waals surface area contributed by atoms with Crippen LogP contribution in [0.15, 0.2) is 36.4 Å². The zero-order chi connectivity index (χ0) is 30.1. The molecule has 222 valence electrons. The smallest absolute Gasteiger partial charge is 0.293 e. The number of anilines is 4. The van der Waals surface area contributed by atoms with Crippen LogP contribution in [0.1, 0.15) is 29.6 Å². The van der Waals surface area contributed by atoms with Gasteiger partial charge in [-0.15, -0.1) is 0 Å². The molecule has 0 atom stereocenters. The molecule has 0 aliphatic carbocycles. The van der Waals surface area contributed by atoms with Crippen molar-refractivity contribution in [3.05, 3.63) is 86.2 Å². The lowest BCUT2D eigenvalue weighted by Gasteiger charge is -2.38. The van der Waals surface area contributed by atoms with Crippen LogP contribution in [0.25, 0.3) is 0 Å². The van der Waals surface area contributed by atoms with Crippen molar-refractivity contribution in [3.63, 3.8) is 0 Å². The Bertz CT molecular complexity index is 1520. The fourth-order valence-corrected chi connectivity index (χ4v) is 5.60. The van der Waals surface area contributed by atoms with Crippen LogP contribution < -0.4 is 20.0 Å². The van der Waals surface area contributed by atoms with Gasteiger partial charge in [-0.25, -0.2) is 22.0 Å². The number of hydrogen-bond acceptors (Lipinski definition) is 6. The predicted molar refractivity (Wildman–Crippen MR) is 149 cm³/mol. The Kier molecular flexibility index (Phi) is 8.39. The number of rotatable bonds is 6. The molecule has 3 aromatic rings. The molecule has 2 saturated heterocycles. The van der Waals surface area contributed by atoms with E-state index in [1.165, 1.54) is 18.2 Å². The Morgan fingerprint density at radius 3 is 1.88 bits per heavy atom. The summed E-state index contributed by atoms with van der Waals surface area (Å²) >= 11 is 6.47. The lowest BCUT2D eigenvalue weighted by Crippen LogP contribution is -2.47. The number of halogens is 6. The molecular formula is C28H25ClF5N5O3. The molecule has 0 aromatic heterocycles. The molecule has 2 aliphatic heterocycles. The summed E-state index contributed by atoms with van der Waals surface area (Å²) in [5.74, 6) is -10.5. The number of amides is 1. The SMILES string of the molecule is O=C(Nc1ccc(N2CCN(c3c(F)c(F)c(F)c(F)c3F)CC2)c(Cl)c1)c1ccc(N2CCCCC2)c([N+](=O)[O-])c1. The van der Waals surface area contributed by atoms with Crippen LogP contribution in [0, 0.1) is 39.2 Å². The number of nitrogens with zero attached hydrogens (tertiary/aromatic N) is 4. The highest BCUT2D eigenvalue weighted by molar-refractivity contribution is 6.33. The van der Waals surface area contributed by atoms with Gasteiger partial charge in [0.1, 0.15) is 11.4 Å². The van der Waals surface area contributed by atoms with E-state index in [2.05, 4.69) is 5.32 Å². The lowest BCUT2D eigenvalue weighted by atomic mass is 10.1. The van der Waals surface area contributed by atoms with Crippen LogP contribution >= 0.6 is 11.6 Å². The highest BCUT2D eigenvalue weighted by Crippen LogP contribution is 2.35. The summed E-state index contributed by atoms with van der Waals surface area (Å²) in [5.41, 5.74) is 0.322. The van der Waals surface area contributed by atoms with Gasteiger partial charge in [0.25, 0.3) is 11.6 Å². The summed E-state index contributed by atoms with van der Waals surface area (Å²) < 4.78 is 69.2.